The zero-order valence-electron chi connectivity index (χ0n) is 14.4. The molecule has 1 nitrogen and oxygen atoms in total. The predicted octanol–water partition coefficient (Wildman–Crippen LogP) is 5.69. The van der Waals surface area contributed by atoms with E-state index in [9.17, 15) is 4.79 Å². The second-order valence-corrected chi connectivity index (χ2v) is 6.39. The van der Waals surface area contributed by atoms with Crippen molar-refractivity contribution in [2.45, 2.75) is 26.7 Å². The molecule has 0 aliphatic rings. The Kier molecular flexibility index (Phi) is 4.61. The van der Waals surface area contributed by atoms with E-state index in [1.807, 2.05) is 18.2 Å². The molecule has 0 aliphatic heterocycles. The van der Waals surface area contributed by atoms with Crippen molar-refractivity contribution in [2.75, 3.05) is 0 Å². The molecule has 0 heterocycles. The van der Waals surface area contributed by atoms with Gasteiger partial charge in [-0.1, -0.05) is 78.4 Å². The average molecular weight is 314 g/mol. The Morgan fingerprint density at radius 3 is 2.17 bits per heavy atom. The summed E-state index contributed by atoms with van der Waals surface area (Å²) in [5.74, 6) is -0.0460. The Morgan fingerprint density at radius 1 is 0.792 bits per heavy atom. The third kappa shape index (κ3) is 3.30. The van der Waals surface area contributed by atoms with Crippen LogP contribution in [0.4, 0.5) is 0 Å². The van der Waals surface area contributed by atoms with Crippen molar-refractivity contribution in [1.82, 2.24) is 0 Å². The zero-order valence-corrected chi connectivity index (χ0v) is 14.4. The third-order valence-corrected chi connectivity index (χ3v) is 4.49. The lowest BCUT2D eigenvalue weighted by Crippen LogP contribution is -2.10. The lowest BCUT2D eigenvalue weighted by atomic mass is 9.86. The SMILES string of the molecule is CC(=O)C(c1ccc(C)cc1)c1cccc(-c2ccccc2C)c1. The molecule has 3 aromatic rings. The molecule has 0 amide bonds. The number of hydrogen-bond donors (Lipinski definition) is 0. The van der Waals surface area contributed by atoms with Crippen LogP contribution in [0, 0.1) is 13.8 Å². The van der Waals surface area contributed by atoms with Crippen molar-refractivity contribution in [3.8, 4) is 11.1 Å². The zero-order chi connectivity index (χ0) is 17.1. The minimum atomic E-state index is -0.213. The number of carbonyl (C=O) groups is 1. The van der Waals surface area contributed by atoms with Crippen LogP contribution in [0.3, 0.4) is 0 Å². The van der Waals surface area contributed by atoms with Crippen molar-refractivity contribution in [3.05, 3.63) is 95.1 Å². The van der Waals surface area contributed by atoms with Gasteiger partial charge in [0.25, 0.3) is 0 Å². The summed E-state index contributed by atoms with van der Waals surface area (Å²) in [5.41, 5.74) is 6.91. The van der Waals surface area contributed by atoms with E-state index in [1.165, 1.54) is 16.7 Å². The van der Waals surface area contributed by atoms with Crippen molar-refractivity contribution >= 4 is 5.78 Å². The van der Waals surface area contributed by atoms with Gasteiger partial charge in [0.2, 0.25) is 0 Å². The van der Waals surface area contributed by atoms with E-state index in [4.69, 9.17) is 0 Å². The molecule has 3 rings (SSSR count). The molecular weight excluding hydrogens is 292 g/mol. The molecule has 0 radical (unpaired) electrons. The number of hydrogen-bond acceptors (Lipinski definition) is 1. The van der Waals surface area contributed by atoms with Gasteiger partial charge < -0.3 is 0 Å². The molecule has 120 valence electrons. The second kappa shape index (κ2) is 6.84. The highest BCUT2D eigenvalue weighted by atomic mass is 16.1. The van der Waals surface area contributed by atoms with E-state index in [1.54, 1.807) is 6.92 Å². The largest absolute Gasteiger partial charge is 0.299 e. The van der Waals surface area contributed by atoms with Gasteiger partial charge in [-0.15, -0.1) is 0 Å². The Labute approximate surface area is 144 Å². The normalized spacial score (nSPS) is 12.0. The number of Topliss-reactive ketones (excluding diaryl/α,β-unsaturated/α-hetero) is 1. The first-order valence-corrected chi connectivity index (χ1v) is 8.29. The second-order valence-electron chi connectivity index (χ2n) is 6.39. The van der Waals surface area contributed by atoms with Crippen LogP contribution < -0.4 is 0 Å². The fraction of sp³-hybridized carbons (Fsp3) is 0.174. The fourth-order valence-electron chi connectivity index (χ4n) is 3.20. The third-order valence-electron chi connectivity index (χ3n) is 4.49. The minimum absolute atomic E-state index is 0.167. The van der Waals surface area contributed by atoms with E-state index in [0.717, 1.165) is 16.7 Å². The number of carbonyl (C=O) groups excluding carboxylic acids is 1. The maximum absolute atomic E-state index is 12.3. The first-order chi connectivity index (χ1) is 11.6. The van der Waals surface area contributed by atoms with Crippen LogP contribution in [0.1, 0.15) is 35.1 Å². The molecule has 0 fully saturated rings. The van der Waals surface area contributed by atoms with Gasteiger partial charge in [-0.2, -0.15) is 0 Å². The van der Waals surface area contributed by atoms with Gasteiger partial charge in [0.05, 0.1) is 5.92 Å². The van der Waals surface area contributed by atoms with E-state index < -0.39 is 0 Å². The standard InChI is InChI=1S/C23H22O/c1-16-11-13-19(14-12-16)23(18(3)24)21-9-6-8-20(15-21)22-10-5-4-7-17(22)2/h4-15,23H,1-3H3. The van der Waals surface area contributed by atoms with E-state index >= 15 is 0 Å². The maximum Gasteiger partial charge on any atom is 0.141 e. The highest BCUT2D eigenvalue weighted by Crippen LogP contribution is 2.30. The Balaban J connectivity index is 2.07. The first-order valence-electron chi connectivity index (χ1n) is 8.29. The number of benzene rings is 3. The lowest BCUT2D eigenvalue weighted by Gasteiger charge is -2.17. The summed E-state index contributed by atoms with van der Waals surface area (Å²) in [7, 11) is 0. The van der Waals surface area contributed by atoms with Crippen LogP contribution in [-0.2, 0) is 4.79 Å². The lowest BCUT2D eigenvalue weighted by molar-refractivity contribution is -0.117. The molecule has 1 unspecified atom stereocenters. The summed E-state index contributed by atoms with van der Waals surface area (Å²) >= 11 is 0. The number of aryl methyl sites for hydroxylation is 2. The van der Waals surface area contributed by atoms with Crippen LogP contribution in [0.2, 0.25) is 0 Å². The Bertz CT molecular complexity index is 859. The van der Waals surface area contributed by atoms with E-state index in [2.05, 4.69) is 68.4 Å². The molecule has 0 saturated carbocycles. The summed E-state index contributed by atoms with van der Waals surface area (Å²) in [4.78, 5) is 12.3. The highest BCUT2D eigenvalue weighted by molar-refractivity contribution is 5.87. The molecule has 0 aliphatic carbocycles. The molecular formula is C23H22O. The summed E-state index contributed by atoms with van der Waals surface area (Å²) in [6, 6.07) is 24.9. The average Bonchev–Trinajstić information content (AvgIpc) is 2.57. The fourth-order valence-corrected chi connectivity index (χ4v) is 3.20. The van der Waals surface area contributed by atoms with Crippen LogP contribution >= 0.6 is 0 Å². The van der Waals surface area contributed by atoms with Crippen LogP contribution in [0.5, 0.6) is 0 Å². The molecule has 0 bridgehead atoms. The molecule has 0 spiro atoms. The Morgan fingerprint density at radius 2 is 1.50 bits per heavy atom. The van der Waals surface area contributed by atoms with E-state index in [-0.39, 0.29) is 11.7 Å². The van der Waals surface area contributed by atoms with Crippen molar-refractivity contribution in [3.63, 3.8) is 0 Å². The summed E-state index contributed by atoms with van der Waals surface area (Å²) in [5, 5.41) is 0. The summed E-state index contributed by atoms with van der Waals surface area (Å²) < 4.78 is 0. The van der Waals surface area contributed by atoms with Crippen LogP contribution in [-0.4, -0.2) is 5.78 Å². The number of rotatable bonds is 4. The van der Waals surface area contributed by atoms with Gasteiger partial charge in [-0.05, 0) is 48.6 Å². The van der Waals surface area contributed by atoms with Gasteiger partial charge in [0, 0.05) is 0 Å². The molecule has 1 heteroatoms. The quantitative estimate of drug-likeness (QED) is 0.604. The molecule has 3 aromatic carbocycles. The van der Waals surface area contributed by atoms with E-state index in [0.29, 0.717) is 0 Å². The summed E-state index contributed by atoms with van der Waals surface area (Å²) in [6.45, 7) is 5.85. The highest BCUT2D eigenvalue weighted by Gasteiger charge is 2.19. The molecule has 0 aromatic heterocycles. The van der Waals surface area contributed by atoms with Gasteiger partial charge in [-0.25, -0.2) is 0 Å². The van der Waals surface area contributed by atoms with Crippen molar-refractivity contribution in [1.29, 1.82) is 0 Å². The molecule has 1 atom stereocenters. The van der Waals surface area contributed by atoms with Gasteiger partial charge in [0.1, 0.15) is 5.78 Å². The van der Waals surface area contributed by atoms with Crippen molar-refractivity contribution < 1.29 is 4.79 Å². The molecule has 0 saturated heterocycles. The summed E-state index contributed by atoms with van der Waals surface area (Å²) in [6.07, 6.45) is 0. The topological polar surface area (TPSA) is 17.1 Å². The smallest absolute Gasteiger partial charge is 0.141 e. The maximum atomic E-state index is 12.3. The van der Waals surface area contributed by atoms with Crippen molar-refractivity contribution in [2.24, 2.45) is 0 Å². The molecule has 24 heavy (non-hydrogen) atoms. The molecule has 0 N–H and O–H groups in total. The van der Waals surface area contributed by atoms with Crippen LogP contribution in [0.25, 0.3) is 11.1 Å². The monoisotopic (exact) mass is 314 g/mol. The van der Waals surface area contributed by atoms with Gasteiger partial charge in [-0.3, -0.25) is 4.79 Å². The minimum Gasteiger partial charge on any atom is -0.299 e. The van der Waals surface area contributed by atoms with Crippen LogP contribution in [0.15, 0.2) is 72.8 Å². The van der Waals surface area contributed by atoms with Gasteiger partial charge >= 0.3 is 0 Å². The van der Waals surface area contributed by atoms with Gasteiger partial charge in [0.15, 0.2) is 0 Å². The first kappa shape index (κ1) is 16.2. The number of ketones is 1. The predicted molar refractivity (Wildman–Crippen MR) is 100 cm³/mol. The Hall–Kier alpha value is -2.67.